The van der Waals surface area contributed by atoms with E-state index >= 15 is 0 Å². The molecule has 21 heavy (non-hydrogen) atoms. The smallest absolute Gasteiger partial charge is 0.254 e. The van der Waals surface area contributed by atoms with Crippen LogP contribution in [-0.2, 0) is 0 Å². The number of nitrogens with zero attached hydrogens (tertiary/aromatic N) is 4. The summed E-state index contributed by atoms with van der Waals surface area (Å²) in [4.78, 5) is 25.0. The summed E-state index contributed by atoms with van der Waals surface area (Å²) in [6, 6.07) is 0. The molecule has 2 heterocycles. The Morgan fingerprint density at radius 1 is 1.19 bits per heavy atom. The van der Waals surface area contributed by atoms with Gasteiger partial charge in [-0.25, -0.2) is 9.97 Å². The average Bonchev–Trinajstić information content (AvgIpc) is 2.52. The third-order valence-corrected chi connectivity index (χ3v) is 3.75. The van der Waals surface area contributed by atoms with E-state index in [1.807, 2.05) is 0 Å². The Hall–Kier alpha value is -1.69. The fourth-order valence-corrected chi connectivity index (χ4v) is 2.29. The van der Waals surface area contributed by atoms with Gasteiger partial charge in [0, 0.05) is 45.1 Å². The first kappa shape index (κ1) is 15.7. The Morgan fingerprint density at radius 3 is 2.48 bits per heavy atom. The van der Waals surface area contributed by atoms with E-state index in [-0.39, 0.29) is 5.91 Å². The molecule has 0 unspecified atom stereocenters. The van der Waals surface area contributed by atoms with E-state index in [9.17, 15) is 4.79 Å². The maximum absolute atomic E-state index is 11.9. The molecule has 1 saturated heterocycles. The minimum Gasteiger partial charge on any atom is -0.352 e. The number of aromatic nitrogens is 2. The highest BCUT2D eigenvalue weighted by molar-refractivity contribution is 5.93. The summed E-state index contributed by atoms with van der Waals surface area (Å²) in [5.74, 6) is 0.627. The Balaban J connectivity index is 1.85. The van der Waals surface area contributed by atoms with Gasteiger partial charge in [-0.1, -0.05) is 19.8 Å². The van der Waals surface area contributed by atoms with Gasteiger partial charge in [-0.3, -0.25) is 4.79 Å². The summed E-state index contributed by atoms with van der Waals surface area (Å²) in [5, 5.41) is 2.90. The van der Waals surface area contributed by atoms with E-state index in [4.69, 9.17) is 0 Å². The van der Waals surface area contributed by atoms with Crippen LogP contribution in [0.3, 0.4) is 0 Å². The number of likely N-dealkylation sites (N-methyl/N-ethyl adjacent to an activating group) is 1. The third kappa shape index (κ3) is 4.67. The Bertz CT molecular complexity index is 440. The first-order chi connectivity index (χ1) is 10.2. The molecule has 0 radical (unpaired) electrons. The van der Waals surface area contributed by atoms with E-state index in [0.29, 0.717) is 18.1 Å². The standard InChI is InChI=1S/C15H25N5O/c1-3-4-5-6-16-14(21)13-11-17-15(18-12-13)20-9-7-19(2)8-10-20/h11-12H,3-10H2,1-2H3,(H,16,21). The SMILES string of the molecule is CCCCCNC(=O)c1cnc(N2CCN(C)CC2)nc1. The molecule has 6 heteroatoms. The molecule has 2 rings (SSSR count). The van der Waals surface area contributed by atoms with E-state index < -0.39 is 0 Å². The van der Waals surface area contributed by atoms with Gasteiger partial charge in [-0.05, 0) is 13.5 Å². The van der Waals surface area contributed by atoms with Crippen LogP contribution < -0.4 is 10.2 Å². The summed E-state index contributed by atoms with van der Waals surface area (Å²) in [5.41, 5.74) is 0.532. The number of carbonyl (C=O) groups excluding carboxylic acids is 1. The zero-order valence-electron chi connectivity index (χ0n) is 13.0. The monoisotopic (exact) mass is 291 g/mol. The second kappa shape index (κ2) is 7.93. The topological polar surface area (TPSA) is 61.4 Å². The molecule has 116 valence electrons. The van der Waals surface area contributed by atoms with Crippen molar-refractivity contribution >= 4 is 11.9 Å². The number of hydrogen-bond donors (Lipinski definition) is 1. The second-order valence-corrected chi connectivity index (χ2v) is 5.53. The normalized spacial score (nSPS) is 16.0. The van der Waals surface area contributed by atoms with Crippen molar-refractivity contribution in [3.63, 3.8) is 0 Å². The highest BCUT2D eigenvalue weighted by atomic mass is 16.1. The molecular formula is C15H25N5O. The predicted molar refractivity (Wildman–Crippen MR) is 83.6 cm³/mol. The summed E-state index contributed by atoms with van der Waals surface area (Å²) in [7, 11) is 2.12. The summed E-state index contributed by atoms with van der Waals surface area (Å²) < 4.78 is 0. The lowest BCUT2D eigenvalue weighted by molar-refractivity contribution is 0.0952. The first-order valence-electron chi connectivity index (χ1n) is 7.74. The van der Waals surface area contributed by atoms with Crippen molar-refractivity contribution in [2.45, 2.75) is 26.2 Å². The number of amides is 1. The van der Waals surface area contributed by atoms with Crippen LogP contribution in [-0.4, -0.2) is 60.5 Å². The fraction of sp³-hybridized carbons (Fsp3) is 0.667. The maximum Gasteiger partial charge on any atom is 0.254 e. The van der Waals surface area contributed by atoms with Gasteiger partial charge in [0.1, 0.15) is 0 Å². The quantitative estimate of drug-likeness (QED) is 0.797. The van der Waals surface area contributed by atoms with E-state index in [0.717, 1.165) is 45.4 Å². The number of anilines is 1. The molecule has 1 N–H and O–H groups in total. The summed E-state index contributed by atoms with van der Waals surface area (Å²) in [6.45, 7) is 6.75. The second-order valence-electron chi connectivity index (χ2n) is 5.53. The molecule has 0 atom stereocenters. The van der Waals surface area contributed by atoms with Crippen LogP contribution in [0.1, 0.15) is 36.5 Å². The number of unbranched alkanes of at least 4 members (excludes halogenated alkanes) is 2. The van der Waals surface area contributed by atoms with Gasteiger partial charge in [-0.15, -0.1) is 0 Å². The van der Waals surface area contributed by atoms with Crippen molar-refractivity contribution < 1.29 is 4.79 Å². The molecule has 1 aromatic rings. The Labute approximate surface area is 126 Å². The highest BCUT2D eigenvalue weighted by Gasteiger charge is 2.16. The molecule has 0 saturated carbocycles. The van der Waals surface area contributed by atoms with Crippen LogP contribution in [0.15, 0.2) is 12.4 Å². The van der Waals surface area contributed by atoms with Crippen molar-refractivity contribution in [1.29, 1.82) is 0 Å². The van der Waals surface area contributed by atoms with Gasteiger partial charge >= 0.3 is 0 Å². The molecule has 1 aromatic heterocycles. The van der Waals surface area contributed by atoms with Crippen LogP contribution in [0, 0.1) is 0 Å². The minimum atomic E-state index is -0.0870. The average molecular weight is 291 g/mol. The molecule has 0 aliphatic carbocycles. The van der Waals surface area contributed by atoms with Gasteiger partial charge in [0.25, 0.3) is 5.91 Å². The minimum absolute atomic E-state index is 0.0870. The number of carbonyl (C=O) groups is 1. The van der Waals surface area contributed by atoms with Crippen molar-refractivity contribution in [2.24, 2.45) is 0 Å². The molecule has 1 amide bonds. The number of hydrogen-bond acceptors (Lipinski definition) is 5. The van der Waals surface area contributed by atoms with Crippen LogP contribution >= 0.6 is 0 Å². The van der Waals surface area contributed by atoms with Crippen LogP contribution in [0.2, 0.25) is 0 Å². The van der Waals surface area contributed by atoms with Crippen molar-refractivity contribution in [3.05, 3.63) is 18.0 Å². The highest BCUT2D eigenvalue weighted by Crippen LogP contribution is 2.10. The van der Waals surface area contributed by atoms with Crippen molar-refractivity contribution in [1.82, 2.24) is 20.2 Å². The Morgan fingerprint density at radius 2 is 1.86 bits per heavy atom. The molecule has 0 bridgehead atoms. The van der Waals surface area contributed by atoms with Gasteiger partial charge < -0.3 is 15.1 Å². The molecule has 0 spiro atoms. The van der Waals surface area contributed by atoms with Gasteiger partial charge in [0.2, 0.25) is 5.95 Å². The molecular weight excluding hydrogens is 266 g/mol. The number of nitrogens with one attached hydrogen (secondary N) is 1. The van der Waals surface area contributed by atoms with Crippen LogP contribution in [0.5, 0.6) is 0 Å². The number of piperazine rings is 1. The zero-order valence-corrected chi connectivity index (χ0v) is 13.0. The van der Waals surface area contributed by atoms with E-state index in [1.165, 1.54) is 0 Å². The fourth-order valence-electron chi connectivity index (χ4n) is 2.29. The van der Waals surface area contributed by atoms with E-state index in [2.05, 4.69) is 39.1 Å². The van der Waals surface area contributed by atoms with Crippen LogP contribution in [0.25, 0.3) is 0 Å². The lowest BCUT2D eigenvalue weighted by Gasteiger charge is -2.32. The largest absolute Gasteiger partial charge is 0.352 e. The van der Waals surface area contributed by atoms with Crippen molar-refractivity contribution in [2.75, 3.05) is 44.7 Å². The lowest BCUT2D eigenvalue weighted by atomic mass is 10.2. The molecule has 6 nitrogen and oxygen atoms in total. The van der Waals surface area contributed by atoms with Gasteiger partial charge in [0.15, 0.2) is 0 Å². The number of rotatable bonds is 6. The zero-order chi connectivity index (χ0) is 15.1. The third-order valence-electron chi connectivity index (χ3n) is 3.75. The molecule has 1 aliphatic rings. The predicted octanol–water partition coefficient (Wildman–Crippen LogP) is 1.15. The van der Waals surface area contributed by atoms with Crippen LogP contribution in [0.4, 0.5) is 5.95 Å². The Kier molecular flexibility index (Phi) is 5.92. The summed E-state index contributed by atoms with van der Waals surface area (Å²) >= 11 is 0. The first-order valence-corrected chi connectivity index (χ1v) is 7.74. The molecule has 0 aromatic carbocycles. The molecule has 1 fully saturated rings. The summed E-state index contributed by atoms with van der Waals surface area (Å²) in [6.07, 6.45) is 6.55. The van der Waals surface area contributed by atoms with Gasteiger partial charge in [-0.2, -0.15) is 0 Å². The maximum atomic E-state index is 11.9. The van der Waals surface area contributed by atoms with E-state index in [1.54, 1.807) is 12.4 Å². The molecule has 1 aliphatic heterocycles. The van der Waals surface area contributed by atoms with Crippen molar-refractivity contribution in [3.8, 4) is 0 Å². The lowest BCUT2D eigenvalue weighted by Crippen LogP contribution is -2.45. The van der Waals surface area contributed by atoms with Gasteiger partial charge in [0.05, 0.1) is 5.56 Å².